The van der Waals surface area contributed by atoms with Gasteiger partial charge < -0.3 is 10.6 Å². The van der Waals surface area contributed by atoms with Gasteiger partial charge in [0.1, 0.15) is 0 Å². The normalized spacial score (nSPS) is 13.2. The van der Waals surface area contributed by atoms with Crippen molar-refractivity contribution in [2.75, 3.05) is 22.9 Å². The molecule has 3 aromatic rings. The second-order valence-electron chi connectivity index (χ2n) is 5.59. The van der Waals surface area contributed by atoms with E-state index in [1.807, 2.05) is 24.0 Å². The largest absolute Gasteiger partial charge is 0.374 e. The van der Waals surface area contributed by atoms with Crippen molar-refractivity contribution in [3.8, 4) is 11.3 Å². The lowest BCUT2D eigenvalue weighted by molar-refractivity contribution is -0.116. The Hall–Kier alpha value is -1.97. The molecular formula is C16H15N5OS3. The van der Waals surface area contributed by atoms with Gasteiger partial charge in [-0.3, -0.25) is 4.79 Å². The smallest absolute Gasteiger partial charge is 0.237 e. The number of carbonyl (C=O) groups is 1. The number of thioether (sulfide) groups is 1. The van der Waals surface area contributed by atoms with Crippen molar-refractivity contribution in [3.05, 3.63) is 34.2 Å². The Balaban J connectivity index is 1.48. The molecule has 4 rings (SSSR count). The third-order valence-electron chi connectivity index (χ3n) is 3.93. The molecule has 3 heterocycles. The van der Waals surface area contributed by atoms with Gasteiger partial charge in [0.05, 0.1) is 16.5 Å². The Bertz CT molecular complexity index is 936. The molecule has 0 saturated heterocycles. The van der Waals surface area contributed by atoms with E-state index >= 15 is 0 Å². The van der Waals surface area contributed by atoms with Crippen molar-refractivity contribution < 1.29 is 4.79 Å². The first-order valence-corrected chi connectivity index (χ1v) is 10.4. The van der Waals surface area contributed by atoms with Crippen LogP contribution in [0.5, 0.6) is 0 Å². The van der Waals surface area contributed by atoms with Gasteiger partial charge in [-0.2, -0.15) is 0 Å². The van der Waals surface area contributed by atoms with Crippen LogP contribution < -0.4 is 10.6 Å². The number of aryl methyl sites for hydroxylation is 1. The van der Waals surface area contributed by atoms with Gasteiger partial charge >= 0.3 is 0 Å². The first-order valence-electron chi connectivity index (χ1n) is 7.68. The van der Waals surface area contributed by atoms with Gasteiger partial charge in [-0.15, -0.1) is 21.5 Å². The fourth-order valence-corrected chi connectivity index (χ4v) is 4.93. The van der Waals surface area contributed by atoms with Crippen LogP contribution in [0.15, 0.2) is 27.9 Å². The number of nitrogens with zero attached hydrogens (tertiary/aromatic N) is 4. The first-order chi connectivity index (χ1) is 12.1. The molecular weight excluding hydrogens is 374 g/mol. The second-order valence-corrected chi connectivity index (χ2v) is 8.88. The highest BCUT2D eigenvalue weighted by Gasteiger charge is 2.25. The number of nitrogen functional groups attached to an aromatic ring is 1. The summed E-state index contributed by atoms with van der Waals surface area (Å²) in [6, 6.07) is 6.21. The molecule has 0 aliphatic carbocycles. The molecule has 1 aliphatic heterocycles. The van der Waals surface area contributed by atoms with E-state index in [0.717, 1.165) is 32.7 Å². The molecule has 0 radical (unpaired) electrons. The molecule has 0 atom stereocenters. The van der Waals surface area contributed by atoms with E-state index in [-0.39, 0.29) is 5.91 Å². The summed E-state index contributed by atoms with van der Waals surface area (Å²) in [4.78, 5) is 19.0. The summed E-state index contributed by atoms with van der Waals surface area (Å²) < 4.78 is 0.722. The van der Waals surface area contributed by atoms with Crippen LogP contribution in [0.4, 0.5) is 10.8 Å². The minimum atomic E-state index is 0.0785. The molecule has 0 bridgehead atoms. The van der Waals surface area contributed by atoms with Crippen LogP contribution in [0.25, 0.3) is 11.3 Å². The molecule has 0 unspecified atom stereocenters. The molecule has 128 valence electrons. The van der Waals surface area contributed by atoms with Crippen LogP contribution in [0.2, 0.25) is 0 Å². The Morgan fingerprint density at radius 1 is 1.40 bits per heavy atom. The van der Waals surface area contributed by atoms with Crippen LogP contribution >= 0.6 is 34.4 Å². The topological polar surface area (TPSA) is 85.0 Å². The molecule has 25 heavy (non-hydrogen) atoms. The summed E-state index contributed by atoms with van der Waals surface area (Å²) in [6.45, 7) is 2.72. The third kappa shape index (κ3) is 3.39. The van der Waals surface area contributed by atoms with E-state index in [1.165, 1.54) is 28.7 Å². The fourth-order valence-electron chi connectivity index (χ4n) is 2.80. The summed E-state index contributed by atoms with van der Waals surface area (Å²) in [5.74, 6) is 0.413. The number of carbonyl (C=O) groups excluding carboxylic acids is 1. The number of rotatable bonds is 4. The number of hydrogen-bond donors (Lipinski definition) is 1. The van der Waals surface area contributed by atoms with Crippen molar-refractivity contribution in [2.45, 2.75) is 17.7 Å². The molecule has 2 N–H and O–H groups in total. The monoisotopic (exact) mass is 389 g/mol. The number of thiazole rings is 1. The molecule has 1 amide bonds. The van der Waals surface area contributed by atoms with Crippen molar-refractivity contribution in [3.63, 3.8) is 0 Å². The number of hydrogen-bond acceptors (Lipinski definition) is 8. The van der Waals surface area contributed by atoms with Crippen molar-refractivity contribution in [2.24, 2.45) is 0 Å². The number of amides is 1. The van der Waals surface area contributed by atoms with Gasteiger partial charge in [-0.05, 0) is 31.0 Å². The zero-order chi connectivity index (χ0) is 17.4. The van der Waals surface area contributed by atoms with Crippen LogP contribution in [-0.4, -0.2) is 33.4 Å². The maximum absolute atomic E-state index is 12.6. The quantitative estimate of drug-likeness (QED) is 0.690. The van der Waals surface area contributed by atoms with E-state index in [2.05, 4.69) is 26.6 Å². The average molecular weight is 390 g/mol. The Morgan fingerprint density at radius 3 is 3.00 bits per heavy atom. The minimum absolute atomic E-state index is 0.0785. The van der Waals surface area contributed by atoms with Crippen LogP contribution in [-0.2, 0) is 11.2 Å². The summed E-state index contributed by atoms with van der Waals surface area (Å²) in [7, 11) is 0. The van der Waals surface area contributed by atoms with Crippen LogP contribution in [0.1, 0.15) is 10.6 Å². The molecule has 0 fully saturated rings. The van der Waals surface area contributed by atoms with E-state index < -0.39 is 0 Å². The molecule has 0 saturated carbocycles. The lowest BCUT2D eigenvalue weighted by Crippen LogP contribution is -2.30. The fraction of sp³-hybridized carbons (Fsp3) is 0.250. The lowest BCUT2D eigenvalue weighted by Gasteiger charge is -2.17. The molecule has 0 spiro atoms. The number of aromatic nitrogens is 3. The lowest BCUT2D eigenvalue weighted by atomic mass is 10.1. The Kier molecular flexibility index (Phi) is 4.45. The molecule has 9 heteroatoms. The Labute approximate surface area is 157 Å². The number of anilines is 2. The summed E-state index contributed by atoms with van der Waals surface area (Å²) in [5.41, 5.74) is 9.87. The molecule has 1 aliphatic rings. The van der Waals surface area contributed by atoms with Crippen molar-refractivity contribution in [1.29, 1.82) is 0 Å². The van der Waals surface area contributed by atoms with Crippen LogP contribution in [0, 0.1) is 6.92 Å². The third-order valence-corrected chi connectivity index (χ3v) is 6.58. The summed E-state index contributed by atoms with van der Waals surface area (Å²) in [5, 5.41) is 11.2. The maximum Gasteiger partial charge on any atom is 0.237 e. The Morgan fingerprint density at radius 2 is 2.28 bits per heavy atom. The van der Waals surface area contributed by atoms with E-state index in [4.69, 9.17) is 5.73 Å². The highest BCUT2D eigenvalue weighted by molar-refractivity contribution is 8.01. The van der Waals surface area contributed by atoms with E-state index in [1.54, 1.807) is 11.3 Å². The van der Waals surface area contributed by atoms with E-state index in [9.17, 15) is 4.79 Å². The highest BCUT2D eigenvalue weighted by Crippen LogP contribution is 2.33. The highest BCUT2D eigenvalue weighted by atomic mass is 32.2. The number of fused-ring (bicyclic) bond motifs is 1. The minimum Gasteiger partial charge on any atom is -0.374 e. The van der Waals surface area contributed by atoms with Gasteiger partial charge in [0.2, 0.25) is 11.0 Å². The van der Waals surface area contributed by atoms with Gasteiger partial charge in [0.15, 0.2) is 4.34 Å². The van der Waals surface area contributed by atoms with Crippen molar-refractivity contribution >= 4 is 51.2 Å². The summed E-state index contributed by atoms with van der Waals surface area (Å²) >= 11 is 4.33. The zero-order valence-electron chi connectivity index (χ0n) is 13.4. The van der Waals surface area contributed by atoms with Gasteiger partial charge in [0.25, 0.3) is 0 Å². The molecule has 6 nitrogen and oxygen atoms in total. The summed E-state index contributed by atoms with van der Waals surface area (Å²) in [6.07, 6.45) is 0.869. The molecule has 2 aromatic heterocycles. The molecule has 1 aromatic carbocycles. The predicted molar refractivity (Wildman–Crippen MR) is 103 cm³/mol. The standard InChI is InChI=1S/C16H15N5OS3/c1-9-18-12(7-23-9)10-2-3-13-11(6-10)4-5-21(13)14(22)8-24-16-20-19-15(17)25-16/h2-3,6-7H,4-5,8H2,1H3,(H2,17,19). The van der Waals surface area contributed by atoms with Crippen molar-refractivity contribution in [1.82, 2.24) is 15.2 Å². The van der Waals surface area contributed by atoms with Gasteiger partial charge in [-0.25, -0.2) is 4.98 Å². The zero-order valence-corrected chi connectivity index (χ0v) is 15.9. The van der Waals surface area contributed by atoms with Gasteiger partial charge in [-0.1, -0.05) is 29.2 Å². The average Bonchev–Trinajstić information content (AvgIpc) is 3.31. The van der Waals surface area contributed by atoms with Crippen LogP contribution in [0.3, 0.4) is 0 Å². The number of benzene rings is 1. The maximum atomic E-state index is 12.6. The first kappa shape index (κ1) is 16.5. The second kappa shape index (κ2) is 6.74. The SMILES string of the molecule is Cc1nc(-c2ccc3c(c2)CCN3C(=O)CSc2nnc(N)s2)cs1. The van der Waals surface area contributed by atoms with Gasteiger partial charge in [0, 0.05) is 23.2 Å². The van der Waals surface area contributed by atoms with E-state index in [0.29, 0.717) is 17.4 Å². The number of nitrogens with two attached hydrogens (primary N) is 1. The predicted octanol–water partition coefficient (Wildman–Crippen LogP) is 3.23.